The summed E-state index contributed by atoms with van der Waals surface area (Å²) in [5, 5.41) is 4.05. The van der Waals surface area contributed by atoms with Crippen molar-refractivity contribution in [2.45, 2.75) is 39.5 Å². The average Bonchev–Trinajstić information content (AvgIpc) is 2.77. The van der Waals surface area contributed by atoms with Gasteiger partial charge in [0.05, 0.1) is 0 Å². The molecular formula is C15H18FNO. The van der Waals surface area contributed by atoms with E-state index in [-0.39, 0.29) is 11.7 Å². The van der Waals surface area contributed by atoms with E-state index < -0.39 is 0 Å². The van der Waals surface area contributed by atoms with Crippen LogP contribution < -0.4 is 0 Å². The van der Waals surface area contributed by atoms with Crippen LogP contribution >= 0.6 is 0 Å². The zero-order valence-corrected chi connectivity index (χ0v) is 11.2. The molecular weight excluding hydrogens is 229 g/mol. The number of benzene rings is 1. The second-order valence-corrected chi connectivity index (χ2v) is 5.16. The van der Waals surface area contributed by atoms with E-state index in [4.69, 9.17) is 4.52 Å². The lowest BCUT2D eigenvalue weighted by atomic mass is 9.95. The molecule has 0 N–H and O–H groups in total. The molecule has 18 heavy (non-hydrogen) atoms. The van der Waals surface area contributed by atoms with Gasteiger partial charge < -0.3 is 4.52 Å². The van der Waals surface area contributed by atoms with Crippen molar-refractivity contribution in [3.63, 3.8) is 0 Å². The molecule has 0 aliphatic heterocycles. The molecule has 0 atom stereocenters. The third-order valence-corrected chi connectivity index (χ3v) is 3.01. The molecule has 2 rings (SSSR count). The maximum absolute atomic E-state index is 13.4. The number of halogens is 1. The standard InChI is InChI=1S/C15H18FNO/c1-9(2)12-6-5-11(16)7-13(12)14-8-15(10(3)4)18-17-14/h5-10H,1-4H3. The molecule has 0 amide bonds. The third-order valence-electron chi connectivity index (χ3n) is 3.01. The van der Waals surface area contributed by atoms with Crippen LogP contribution in [-0.2, 0) is 0 Å². The lowest BCUT2D eigenvalue weighted by Gasteiger charge is -2.10. The summed E-state index contributed by atoms with van der Waals surface area (Å²) in [6.45, 7) is 8.25. The fraction of sp³-hybridized carbons (Fsp3) is 0.400. The average molecular weight is 247 g/mol. The van der Waals surface area contributed by atoms with Gasteiger partial charge in [0.2, 0.25) is 0 Å². The van der Waals surface area contributed by atoms with Gasteiger partial charge in [-0.15, -0.1) is 0 Å². The topological polar surface area (TPSA) is 26.0 Å². The zero-order chi connectivity index (χ0) is 13.3. The van der Waals surface area contributed by atoms with Crippen LogP contribution in [0.25, 0.3) is 11.3 Å². The molecule has 1 aromatic carbocycles. The van der Waals surface area contributed by atoms with Crippen molar-refractivity contribution < 1.29 is 8.91 Å². The maximum atomic E-state index is 13.4. The van der Waals surface area contributed by atoms with Gasteiger partial charge in [-0.25, -0.2) is 4.39 Å². The minimum Gasteiger partial charge on any atom is -0.361 e. The Balaban J connectivity index is 2.51. The van der Waals surface area contributed by atoms with Crippen LogP contribution in [0.3, 0.4) is 0 Å². The first-order valence-electron chi connectivity index (χ1n) is 6.25. The van der Waals surface area contributed by atoms with Crippen molar-refractivity contribution in [1.82, 2.24) is 5.16 Å². The predicted molar refractivity (Wildman–Crippen MR) is 70.1 cm³/mol. The lowest BCUT2D eigenvalue weighted by molar-refractivity contribution is 0.373. The van der Waals surface area contributed by atoms with E-state index in [1.54, 1.807) is 0 Å². The molecule has 1 aromatic heterocycles. The number of hydrogen-bond donors (Lipinski definition) is 0. The van der Waals surface area contributed by atoms with Crippen molar-refractivity contribution >= 4 is 0 Å². The second-order valence-electron chi connectivity index (χ2n) is 5.16. The molecule has 0 aliphatic carbocycles. The van der Waals surface area contributed by atoms with Crippen LogP contribution in [0, 0.1) is 5.82 Å². The molecule has 0 spiro atoms. The van der Waals surface area contributed by atoms with E-state index in [0.717, 1.165) is 16.9 Å². The van der Waals surface area contributed by atoms with Crippen LogP contribution in [0.5, 0.6) is 0 Å². The van der Waals surface area contributed by atoms with E-state index in [9.17, 15) is 4.39 Å². The van der Waals surface area contributed by atoms with E-state index >= 15 is 0 Å². The van der Waals surface area contributed by atoms with E-state index in [1.807, 2.05) is 26.0 Å². The Morgan fingerprint density at radius 2 is 1.78 bits per heavy atom. The molecule has 0 unspecified atom stereocenters. The molecule has 2 aromatic rings. The van der Waals surface area contributed by atoms with E-state index in [1.165, 1.54) is 12.1 Å². The van der Waals surface area contributed by atoms with E-state index in [2.05, 4.69) is 19.0 Å². The van der Waals surface area contributed by atoms with Gasteiger partial charge in [0.1, 0.15) is 17.3 Å². The molecule has 2 nitrogen and oxygen atoms in total. The van der Waals surface area contributed by atoms with Crippen LogP contribution in [-0.4, -0.2) is 5.16 Å². The Bertz CT molecular complexity index is 543. The van der Waals surface area contributed by atoms with Gasteiger partial charge in [0.15, 0.2) is 0 Å². The SMILES string of the molecule is CC(C)c1cc(-c2cc(F)ccc2C(C)C)no1. The maximum Gasteiger partial charge on any atom is 0.139 e. The molecule has 3 heteroatoms. The highest BCUT2D eigenvalue weighted by atomic mass is 19.1. The largest absolute Gasteiger partial charge is 0.361 e. The highest BCUT2D eigenvalue weighted by Crippen LogP contribution is 2.30. The van der Waals surface area contributed by atoms with Gasteiger partial charge in [-0.05, 0) is 23.6 Å². The monoisotopic (exact) mass is 247 g/mol. The summed E-state index contributed by atoms with van der Waals surface area (Å²) >= 11 is 0. The molecule has 0 saturated heterocycles. The number of nitrogens with zero attached hydrogens (tertiary/aromatic N) is 1. The van der Waals surface area contributed by atoms with Gasteiger partial charge in [-0.3, -0.25) is 0 Å². The molecule has 0 radical (unpaired) electrons. The Morgan fingerprint density at radius 1 is 1.06 bits per heavy atom. The smallest absolute Gasteiger partial charge is 0.139 e. The summed E-state index contributed by atoms with van der Waals surface area (Å²) in [6.07, 6.45) is 0. The first-order chi connectivity index (χ1) is 8.49. The van der Waals surface area contributed by atoms with Crippen LogP contribution in [0.2, 0.25) is 0 Å². The molecule has 0 bridgehead atoms. The zero-order valence-electron chi connectivity index (χ0n) is 11.2. The summed E-state index contributed by atoms with van der Waals surface area (Å²) in [5.74, 6) is 1.18. The summed E-state index contributed by atoms with van der Waals surface area (Å²) < 4.78 is 18.7. The third kappa shape index (κ3) is 2.45. The second kappa shape index (κ2) is 4.92. The van der Waals surface area contributed by atoms with Crippen molar-refractivity contribution in [1.29, 1.82) is 0 Å². The lowest BCUT2D eigenvalue weighted by Crippen LogP contribution is -1.93. The van der Waals surface area contributed by atoms with Gasteiger partial charge >= 0.3 is 0 Å². The fourth-order valence-corrected chi connectivity index (χ4v) is 1.94. The molecule has 0 saturated carbocycles. The van der Waals surface area contributed by atoms with Gasteiger partial charge in [-0.2, -0.15) is 0 Å². The molecule has 0 fully saturated rings. The summed E-state index contributed by atoms with van der Waals surface area (Å²) in [4.78, 5) is 0. The van der Waals surface area contributed by atoms with E-state index in [0.29, 0.717) is 11.6 Å². The Labute approximate surface area is 107 Å². The van der Waals surface area contributed by atoms with Gasteiger partial charge in [-0.1, -0.05) is 38.9 Å². The minimum atomic E-state index is -0.247. The Morgan fingerprint density at radius 3 is 2.33 bits per heavy atom. The highest BCUT2D eigenvalue weighted by Gasteiger charge is 2.15. The predicted octanol–water partition coefficient (Wildman–Crippen LogP) is 4.73. The van der Waals surface area contributed by atoms with Crippen molar-refractivity contribution in [2.75, 3.05) is 0 Å². The first-order valence-corrected chi connectivity index (χ1v) is 6.25. The normalized spacial score (nSPS) is 11.5. The van der Waals surface area contributed by atoms with Crippen molar-refractivity contribution in [3.05, 3.63) is 41.4 Å². The summed E-state index contributed by atoms with van der Waals surface area (Å²) in [5.41, 5.74) is 2.61. The number of hydrogen-bond acceptors (Lipinski definition) is 2. The molecule has 1 heterocycles. The summed E-state index contributed by atoms with van der Waals surface area (Å²) in [7, 11) is 0. The Kier molecular flexibility index (Phi) is 3.50. The number of rotatable bonds is 3. The first kappa shape index (κ1) is 12.8. The van der Waals surface area contributed by atoms with Crippen LogP contribution in [0.1, 0.15) is 50.9 Å². The molecule has 0 aliphatic rings. The van der Waals surface area contributed by atoms with Crippen LogP contribution in [0.4, 0.5) is 4.39 Å². The van der Waals surface area contributed by atoms with Crippen molar-refractivity contribution in [3.8, 4) is 11.3 Å². The quantitative estimate of drug-likeness (QED) is 0.783. The number of aromatic nitrogens is 1. The van der Waals surface area contributed by atoms with Crippen LogP contribution in [0.15, 0.2) is 28.8 Å². The van der Waals surface area contributed by atoms with Gasteiger partial charge in [0.25, 0.3) is 0 Å². The van der Waals surface area contributed by atoms with Gasteiger partial charge in [0, 0.05) is 17.5 Å². The van der Waals surface area contributed by atoms with Crippen molar-refractivity contribution in [2.24, 2.45) is 0 Å². The molecule has 96 valence electrons. The Hall–Kier alpha value is -1.64. The summed E-state index contributed by atoms with van der Waals surface area (Å²) in [6, 6.07) is 6.73. The minimum absolute atomic E-state index is 0.247. The fourth-order valence-electron chi connectivity index (χ4n) is 1.94. The highest BCUT2D eigenvalue weighted by molar-refractivity contribution is 5.64.